The van der Waals surface area contributed by atoms with Crippen molar-refractivity contribution in [1.82, 2.24) is 0 Å². The Morgan fingerprint density at radius 2 is 2.29 bits per heavy atom. The monoisotopic (exact) mass is 303 g/mol. The lowest BCUT2D eigenvalue weighted by Gasteiger charge is -2.25. The van der Waals surface area contributed by atoms with Crippen LogP contribution in [0.5, 0.6) is 0 Å². The molecule has 0 N–H and O–H groups in total. The molecule has 98 valence electrons. The zero-order valence-corrected chi connectivity index (χ0v) is 12.4. The van der Waals surface area contributed by atoms with Crippen LogP contribution in [0.1, 0.15) is 19.8 Å². The number of halogens is 1. The average Bonchev–Trinajstić information content (AvgIpc) is 2.36. The van der Waals surface area contributed by atoms with Gasteiger partial charge in [-0.3, -0.25) is 4.99 Å². The summed E-state index contributed by atoms with van der Waals surface area (Å²) in [5.74, 6) is 0. The Labute approximate surface area is 113 Å². The highest BCUT2D eigenvalue weighted by atomic mass is 79.9. The van der Waals surface area contributed by atoms with Crippen LogP contribution in [0.4, 0.5) is 0 Å². The van der Waals surface area contributed by atoms with Gasteiger partial charge in [-0.2, -0.15) is 0 Å². The van der Waals surface area contributed by atoms with Gasteiger partial charge in [0.25, 0.3) is 0 Å². The highest BCUT2D eigenvalue weighted by Crippen LogP contribution is 2.14. The molecule has 1 aliphatic rings. The predicted octanol–water partition coefficient (Wildman–Crippen LogP) is 3.35. The molecule has 0 radical (unpaired) electrons. The lowest BCUT2D eigenvalue weighted by molar-refractivity contribution is -0.0503. The van der Waals surface area contributed by atoms with Crippen molar-refractivity contribution >= 4 is 20.6 Å². The fourth-order valence-corrected chi connectivity index (χ4v) is 1.55. The minimum atomic E-state index is 0.392. The minimum Gasteiger partial charge on any atom is -0.381 e. The highest BCUT2D eigenvalue weighted by molar-refractivity contribution is 9.18. The molecular formula is C13H22BrNO2. The van der Waals surface area contributed by atoms with E-state index in [-0.39, 0.29) is 0 Å². The highest BCUT2D eigenvalue weighted by Gasteiger charge is 2.17. The van der Waals surface area contributed by atoms with Crippen molar-refractivity contribution < 1.29 is 9.47 Å². The third-order valence-electron chi connectivity index (χ3n) is 2.35. The van der Waals surface area contributed by atoms with Gasteiger partial charge in [-0.1, -0.05) is 18.7 Å². The molecule has 0 aliphatic carbocycles. The van der Waals surface area contributed by atoms with Gasteiger partial charge in [0.05, 0.1) is 16.8 Å². The minimum absolute atomic E-state index is 0.392. The van der Waals surface area contributed by atoms with Gasteiger partial charge >= 0.3 is 0 Å². The van der Waals surface area contributed by atoms with E-state index < -0.39 is 0 Å². The number of hydrogen-bond acceptors (Lipinski definition) is 3. The van der Waals surface area contributed by atoms with Crippen molar-refractivity contribution in [3.63, 3.8) is 0 Å². The third kappa shape index (κ3) is 9.27. The Hall–Kier alpha value is -0.450. The first-order valence-corrected chi connectivity index (χ1v) is 6.49. The van der Waals surface area contributed by atoms with Crippen molar-refractivity contribution in [2.45, 2.75) is 32.0 Å². The van der Waals surface area contributed by atoms with E-state index in [0.29, 0.717) is 12.2 Å². The van der Waals surface area contributed by atoms with Gasteiger partial charge in [-0.15, -0.1) is 0 Å². The standard InChI is InChI=1S/C7H14O2.C6H8BrN/c1-6-5-7(8-2)3-4-9-6;1-3-4-5-6(7)8-2/h6-7H,3-5H2,1-2H3;3-5H,1H2,2H3/b;5-4-,8-6?. The second-order valence-corrected chi connectivity index (χ2v) is 4.52. The van der Waals surface area contributed by atoms with Crippen LogP contribution < -0.4 is 0 Å². The normalized spacial score (nSPS) is 25.3. The fourth-order valence-electron chi connectivity index (χ4n) is 1.39. The van der Waals surface area contributed by atoms with Gasteiger partial charge in [0.2, 0.25) is 0 Å². The van der Waals surface area contributed by atoms with E-state index in [1.807, 2.05) is 12.2 Å². The maximum absolute atomic E-state index is 5.33. The Morgan fingerprint density at radius 1 is 1.59 bits per heavy atom. The van der Waals surface area contributed by atoms with Crippen LogP contribution in [0, 0.1) is 0 Å². The summed E-state index contributed by atoms with van der Waals surface area (Å²) in [6.45, 7) is 6.45. The van der Waals surface area contributed by atoms with Crippen LogP contribution in [-0.4, -0.2) is 37.6 Å². The molecule has 1 rings (SSSR count). The van der Waals surface area contributed by atoms with Gasteiger partial charge < -0.3 is 9.47 Å². The molecule has 0 spiro atoms. The molecule has 2 atom stereocenters. The van der Waals surface area contributed by atoms with Crippen molar-refractivity contribution in [2.24, 2.45) is 4.99 Å². The zero-order valence-electron chi connectivity index (χ0n) is 10.9. The van der Waals surface area contributed by atoms with Gasteiger partial charge in [0.1, 0.15) is 0 Å². The van der Waals surface area contributed by atoms with E-state index in [4.69, 9.17) is 9.47 Å². The molecule has 0 saturated carbocycles. The predicted molar refractivity (Wildman–Crippen MR) is 77.1 cm³/mol. The van der Waals surface area contributed by atoms with Crippen LogP contribution in [0.3, 0.4) is 0 Å². The summed E-state index contributed by atoms with van der Waals surface area (Å²) in [6.07, 6.45) is 8.28. The van der Waals surface area contributed by atoms with Crippen molar-refractivity contribution in [3.05, 3.63) is 24.8 Å². The number of ether oxygens (including phenoxy) is 2. The van der Waals surface area contributed by atoms with Crippen LogP contribution in [0.15, 0.2) is 29.8 Å². The molecule has 3 nitrogen and oxygen atoms in total. The maximum atomic E-state index is 5.33. The van der Waals surface area contributed by atoms with Gasteiger partial charge in [-0.25, -0.2) is 0 Å². The molecular weight excluding hydrogens is 282 g/mol. The molecule has 0 aromatic carbocycles. The molecule has 0 amide bonds. The lowest BCUT2D eigenvalue weighted by atomic mass is 10.1. The summed E-state index contributed by atoms with van der Waals surface area (Å²) in [5, 5.41) is 0. The second-order valence-electron chi connectivity index (χ2n) is 3.70. The third-order valence-corrected chi connectivity index (χ3v) is 2.97. The Kier molecular flexibility index (Phi) is 10.4. The van der Waals surface area contributed by atoms with E-state index in [0.717, 1.165) is 24.1 Å². The molecule has 17 heavy (non-hydrogen) atoms. The first-order chi connectivity index (χ1) is 8.13. The van der Waals surface area contributed by atoms with Crippen molar-refractivity contribution in [1.29, 1.82) is 0 Å². The molecule has 1 fully saturated rings. The maximum Gasteiger partial charge on any atom is 0.0997 e. The van der Waals surface area contributed by atoms with E-state index in [2.05, 4.69) is 34.4 Å². The molecule has 0 bridgehead atoms. The molecule has 2 unspecified atom stereocenters. The molecule has 0 aromatic rings. The summed E-state index contributed by atoms with van der Waals surface area (Å²) in [7, 11) is 3.49. The van der Waals surface area contributed by atoms with Crippen LogP contribution in [0.25, 0.3) is 0 Å². The fraction of sp³-hybridized carbons (Fsp3) is 0.615. The summed E-state index contributed by atoms with van der Waals surface area (Å²) < 4.78 is 11.3. The summed E-state index contributed by atoms with van der Waals surface area (Å²) in [6, 6.07) is 0. The van der Waals surface area contributed by atoms with Crippen LogP contribution >= 0.6 is 15.9 Å². The summed E-state index contributed by atoms with van der Waals surface area (Å²) >= 11 is 3.19. The molecule has 4 heteroatoms. The first kappa shape index (κ1) is 16.6. The Balaban J connectivity index is 0.000000304. The zero-order chi connectivity index (χ0) is 13.1. The second kappa shape index (κ2) is 10.7. The molecule has 0 aromatic heterocycles. The summed E-state index contributed by atoms with van der Waals surface area (Å²) in [5.41, 5.74) is 0. The number of allylic oxidation sites excluding steroid dienone is 3. The van der Waals surface area contributed by atoms with Gasteiger partial charge in [0.15, 0.2) is 0 Å². The van der Waals surface area contributed by atoms with Crippen LogP contribution in [0.2, 0.25) is 0 Å². The van der Waals surface area contributed by atoms with Gasteiger partial charge in [0, 0.05) is 20.8 Å². The topological polar surface area (TPSA) is 30.8 Å². The number of rotatable bonds is 3. The van der Waals surface area contributed by atoms with E-state index >= 15 is 0 Å². The Bertz CT molecular complexity index is 264. The van der Waals surface area contributed by atoms with Crippen LogP contribution in [-0.2, 0) is 9.47 Å². The van der Waals surface area contributed by atoms with Crippen molar-refractivity contribution in [3.8, 4) is 0 Å². The molecule has 1 aliphatic heterocycles. The smallest absolute Gasteiger partial charge is 0.0997 e. The lowest BCUT2D eigenvalue weighted by Crippen LogP contribution is -2.27. The summed E-state index contributed by atoms with van der Waals surface area (Å²) in [4.78, 5) is 3.82. The average molecular weight is 304 g/mol. The quantitative estimate of drug-likeness (QED) is 0.591. The molecule has 1 saturated heterocycles. The largest absolute Gasteiger partial charge is 0.381 e. The SMILES string of the molecule is C=C/C=C\C(Br)=NC.COC1CCOC(C)C1. The van der Waals surface area contributed by atoms with Crippen molar-refractivity contribution in [2.75, 3.05) is 20.8 Å². The Morgan fingerprint density at radius 3 is 2.71 bits per heavy atom. The number of aliphatic imine (C=N–C) groups is 1. The van der Waals surface area contributed by atoms with E-state index in [9.17, 15) is 0 Å². The number of methoxy groups -OCH3 is 1. The van der Waals surface area contributed by atoms with E-state index in [1.165, 1.54) is 0 Å². The number of nitrogens with zero attached hydrogens (tertiary/aromatic N) is 1. The number of hydrogen-bond donors (Lipinski definition) is 0. The van der Waals surface area contributed by atoms with E-state index in [1.54, 1.807) is 20.2 Å². The first-order valence-electron chi connectivity index (χ1n) is 5.69. The molecule has 1 heterocycles. The van der Waals surface area contributed by atoms with Gasteiger partial charge in [-0.05, 0) is 41.8 Å².